The third kappa shape index (κ3) is 6.31. The summed E-state index contributed by atoms with van der Waals surface area (Å²) in [6.45, 7) is 7.18. The summed E-state index contributed by atoms with van der Waals surface area (Å²) in [5.74, 6) is 0.980. The smallest absolute Gasteiger partial charge is 0.119 e. The van der Waals surface area contributed by atoms with E-state index in [9.17, 15) is 0 Å². The van der Waals surface area contributed by atoms with Crippen LogP contribution in [0, 0.1) is 0 Å². The summed E-state index contributed by atoms with van der Waals surface area (Å²) in [6.07, 6.45) is 4.43. The number of hydrogen-bond acceptors (Lipinski definition) is 3. The molecule has 1 aromatic carbocycles. The molecule has 0 aliphatic rings. The van der Waals surface area contributed by atoms with Crippen molar-refractivity contribution in [1.82, 2.24) is 5.32 Å². The quantitative estimate of drug-likeness (QED) is 0.689. The second-order valence-electron chi connectivity index (χ2n) is 4.51. The highest BCUT2D eigenvalue weighted by Crippen LogP contribution is 2.13. The summed E-state index contributed by atoms with van der Waals surface area (Å²) in [4.78, 5) is 0. The molecule has 0 spiro atoms. The van der Waals surface area contributed by atoms with Crippen LogP contribution in [0.15, 0.2) is 24.3 Å². The lowest BCUT2D eigenvalue weighted by Crippen LogP contribution is -2.17. The first-order valence-corrected chi connectivity index (χ1v) is 8.00. The molecule has 0 saturated heterocycles. The molecule has 0 saturated carbocycles. The Labute approximate surface area is 116 Å². The Balaban J connectivity index is 2.29. The molecule has 0 heterocycles. The summed E-state index contributed by atoms with van der Waals surface area (Å²) in [5, 5.41) is 4.21. The van der Waals surface area contributed by atoms with Gasteiger partial charge in [0.25, 0.3) is 0 Å². The summed E-state index contributed by atoms with van der Waals surface area (Å²) in [7, 11) is 0. The van der Waals surface area contributed by atoms with Crippen molar-refractivity contribution in [1.29, 1.82) is 0 Å². The molecule has 0 aliphatic heterocycles. The third-order valence-electron chi connectivity index (χ3n) is 2.83. The minimum atomic E-state index is 0.733. The van der Waals surface area contributed by atoms with Crippen molar-refractivity contribution in [3.05, 3.63) is 29.8 Å². The normalized spacial score (nSPS) is 12.4. The van der Waals surface area contributed by atoms with Gasteiger partial charge in [-0.1, -0.05) is 26.0 Å². The Bertz CT molecular complexity index is 330. The molecule has 1 aromatic rings. The van der Waals surface area contributed by atoms with Gasteiger partial charge in [-0.3, -0.25) is 0 Å². The van der Waals surface area contributed by atoms with Crippen LogP contribution in [0.1, 0.15) is 32.3 Å². The highest BCUT2D eigenvalue weighted by atomic mass is 32.2. The number of nitrogens with one attached hydrogen (secondary N) is 1. The fraction of sp³-hybridized carbons (Fsp3) is 0.600. The number of rotatable bonds is 9. The van der Waals surface area contributed by atoms with Crippen LogP contribution in [0.3, 0.4) is 0 Å². The molecule has 3 heteroatoms. The number of benzene rings is 1. The number of ether oxygens (including phenoxy) is 1. The second-order valence-corrected chi connectivity index (χ2v) is 5.78. The summed E-state index contributed by atoms with van der Waals surface area (Å²) >= 11 is 1.92. The van der Waals surface area contributed by atoms with E-state index in [1.165, 1.54) is 12.0 Å². The average Bonchev–Trinajstić information content (AvgIpc) is 2.41. The lowest BCUT2D eigenvalue weighted by molar-refractivity contribution is 0.317. The van der Waals surface area contributed by atoms with Gasteiger partial charge in [0.1, 0.15) is 5.75 Å². The maximum absolute atomic E-state index is 5.63. The predicted molar refractivity (Wildman–Crippen MR) is 81.5 cm³/mol. The minimum Gasteiger partial charge on any atom is -0.494 e. The molecule has 1 atom stereocenters. The summed E-state index contributed by atoms with van der Waals surface area (Å²) < 4.78 is 5.63. The van der Waals surface area contributed by atoms with E-state index in [4.69, 9.17) is 4.74 Å². The van der Waals surface area contributed by atoms with E-state index in [1.807, 2.05) is 17.8 Å². The second kappa shape index (κ2) is 9.29. The third-order valence-corrected chi connectivity index (χ3v) is 3.87. The van der Waals surface area contributed by atoms with Gasteiger partial charge >= 0.3 is 0 Å². The van der Waals surface area contributed by atoms with Crippen molar-refractivity contribution >= 4 is 11.8 Å². The van der Waals surface area contributed by atoms with E-state index in [0.717, 1.165) is 37.1 Å². The van der Waals surface area contributed by atoms with Gasteiger partial charge in [-0.15, -0.1) is 0 Å². The van der Waals surface area contributed by atoms with Crippen molar-refractivity contribution < 1.29 is 4.74 Å². The molecule has 0 fully saturated rings. The molecule has 102 valence electrons. The molecule has 0 bridgehead atoms. The topological polar surface area (TPSA) is 21.3 Å². The van der Waals surface area contributed by atoms with Gasteiger partial charge in [0.15, 0.2) is 0 Å². The van der Waals surface area contributed by atoms with E-state index in [-0.39, 0.29) is 0 Å². The number of hydrogen-bond donors (Lipinski definition) is 1. The van der Waals surface area contributed by atoms with Gasteiger partial charge in [0, 0.05) is 11.8 Å². The molecule has 0 aromatic heterocycles. The lowest BCUT2D eigenvalue weighted by atomic mass is 10.2. The van der Waals surface area contributed by atoms with Crippen LogP contribution < -0.4 is 10.1 Å². The van der Waals surface area contributed by atoms with Crippen molar-refractivity contribution in [3.8, 4) is 5.75 Å². The first-order chi connectivity index (χ1) is 8.76. The first-order valence-electron chi connectivity index (χ1n) is 6.71. The molecule has 1 N–H and O–H groups in total. The van der Waals surface area contributed by atoms with Gasteiger partial charge < -0.3 is 10.1 Å². The molecule has 1 unspecified atom stereocenters. The molecular weight excluding hydrogens is 242 g/mol. The van der Waals surface area contributed by atoms with Crippen LogP contribution in [-0.2, 0) is 6.54 Å². The average molecular weight is 267 g/mol. The molecule has 0 amide bonds. The Morgan fingerprint density at radius 3 is 2.94 bits per heavy atom. The fourth-order valence-electron chi connectivity index (χ4n) is 1.62. The Morgan fingerprint density at radius 2 is 2.22 bits per heavy atom. The van der Waals surface area contributed by atoms with Crippen LogP contribution in [-0.4, -0.2) is 24.7 Å². The summed E-state index contributed by atoms with van der Waals surface area (Å²) in [5.41, 5.74) is 1.29. The monoisotopic (exact) mass is 267 g/mol. The van der Waals surface area contributed by atoms with Gasteiger partial charge in [-0.2, -0.15) is 11.8 Å². The molecule has 1 rings (SSSR count). The van der Waals surface area contributed by atoms with Crippen LogP contribution >= 0.6 is 11.8 Å². The maximum atomic E-state index is 5.63. The molecule has 2 nitrogen and oxygen atoms in total. The Hall–Kier alpha value is -0.670. The zero-order valence-corrected chi connectivity index (χ0v) is 12.6. The fourth-order valence-corrected chi connectivity index (χ4v) is 1.97. The largest absolute Gasteiger partial charge is 0.494 e. The van der Waals surface area contributed by atoms with Gasteiger partial charge in [0.2, 0.25) is 0 Å². The van der Waals surface area contributed by atoms with E-state index in [0.29, 0.717) is 0 Å². The van der Waals surface area contributed by atoms with E-state index < -0.39 is 0 Å². The van der Waals surface area contributed by atoms with E-state index >= 15 is 0 Å². The Morgan fingerprint density at radius 1 is 1.39 bits per heavy atom. The highest BCUT2D eigenvalue weighted by molar-refractivity contribution is 7.99. The van der Waals surface area contributed by atoms with Gasteiger partial charge in [-0.25, -0.2) is 0 Å². The van der Waals surface area contributed by atoms with Crippen LogP contribution in [0.25, 0.3) is 0 Å². The van der Waals surface area contributed by atoms with Crippen molar-refractivity contribution in [3.63, 3.8) is 0 Å². The van der Waals surface area contributed by atoms with Gasteiger partial charge in [0.05, 0.1) is 6.61 Å². The van der Waals surface area contributed by atoms with Gasteiger partial charge in [-0.05, 0) is 43.3 Å². The van der Waals surface area contributed by atoms with Crippen molar-refractivity contribution in [2.24, 2.45) is 0 Å². The SMILES string of the molecule is CCCOc1cccc(CNCCC(C)SC)c1. The first kappa shape index (κ1) is 15.4. The van der Waals surface area contributed by atoms with E-state index in [1.54, 1.807) is 0 Å². The molecule has 0 radical (unpaired) electrons. The number of thioether (sulfide) groups is 1. The summed E-state index contributed by atoms with van der Waals surface area (Å²) in [6, 6.07) is 8.35. The van der Waals surface area contributed by atoms with Crippen molar-refractivity contribution in [2.75, 3.05) is 19.4 Å². The minimum absolute atomic E-state index is 0.733. The molecular formula is C15H25NOS. The van der Waals surface area contributed by atoms with Crippen LogP contribution in [0.2, 0.25) is 0 Å². The molecule has 18 heavy (non-hydrogen) atoms. The Kier molecular flexibility index (Phi) is 7.94. The lowest BCUT2D eigenvalue weighted by Gasteiger charge is -2.10. The van der Waals surface area contributed by atoms with E-state index in [2.05, 4.69) is 43.6 Å². The highest BCUT2D eigenvalue weighted by Gasteiger charge is 1.99. The molecule has 0 aliphatic carbocycles. The van der Waals surface area contributed by atoms with Crippen LogP contribution in [0.4, 0.5) is 0 Å². The standard InChI is InChI=1S/C15H25NOS/c1-4-10-17-15-7-5-6-14(11-15)12-16-9-8-13(2)18-3/h5-7,11,13,16H,4,8-10,12H2,1-3H3. The van der Waals surface area contributed by atoms with Crippen LogP contribution in [0.5, 0.6) is 5.75 Å². The zero-order valence-electron chi connectivity index (χ0n) is 11.7. The maximum Gasteiger partial charge on any atom is 0.119 e. The van der Waals surface area contributed by atoms with Crippen molar-refractivity contribution in [2.45, 2.75) is 38.5 Å². The zero-order chi connectivity index (χ0) is 13.2. The predicted octanol–water partition coefficient (Wildman–Crippen LogP) is 3.71.